The second kappa shape index (κ2) is 4.62. The number of amides is 1. The Morgan fingerprint density at radius 2 is 2.06 bits per heavy atom. The van der Waals surface area contributed by atoms with Crippen LogP contribution in [0.4, 0.5) is 0 Å². The van der Waals surface area contributed by atoms with Gasteiger partial charge in [0.25, 0.3) is 0 Å². The molecule has 2 heteroatoms. The minimum Gasteiger partial charge on any atom is -0.340 e. The zero-order chi connectivity index (χ0) is 11.8. The van der Waals surface area contributed by atoms with Crippen LogP contribution in [0.15, 0.2) is 0 Å². The molecule has 2 bridgehead atoms. The van der Waals surface area contributed by atoms with Crippen molar-refractivity contribution >= 4 is 5.91 Å². The summed E-state index contributed by atoms with van der Waals surface area (Å²) in [5.74, 6) is 3.05. The molecule has 3 aliphatic rings. The minimum absolute atomic E-state index is 0.453. The highest BCUT2D eigenvalue weighted by Crippen LogP contribution is 2.49. The quantitative estimate of drug-likeness (QED) is 0.719. The van der Waals surface area contributed by atoms with Gasteiger partial charge >= 0.3 is 0 Å². The zero-order valence-electron chi connectivity index (χ0n) is 11.0. The molecule has 1 aliphatic heterocycles. The SMILES string of the molecule is C[C@H]1CCCCN1C(=O)C[C@H]1C[C@H]2CC[C@H]1C2. The van der Waals surface area contributed by atoms with E-state index >= 15 is 0 Å². The lowest BCUT2D eigenvalue weighted by Crippen LogP contribution is -2.42. The largest absolute Gasteiger partial charge is 0.340 e. The predicted octanol–water partition coefficient (Wildman–Crippen LogP) is 3.21. The molecule has 3 fully saturated rings. The molecule has 2 aliphatic carbocycles. The van der Waals surface area contributed by atoms with Crippen molar-refractivity contribution in [1.82, 2.24) is 4.90 Å². The summed E-state index contributed by atoms with van der Waals surface area (Å²) >= 11 is 0. The average molecular weight is 235 g/mol. The van der Waals surface area contributed by atoms with Crippen LogP contribution in [0.1, 0.15) is 58.3 Å². The first-order valence-electron chi connectivity index (χ1n) is 7.53. The zero-order valence-corrected chi connectivity index (χ0v) is 11.0. The molecule has 2 saturated carbocycles. The molecule has 0 radical (unpaired) electrons. The van der Waals surface area contributed by atoms with Gasteiger partial charge in [0.1, 0.15) is 0 Å². The molecule has 1 heterocycles. The summed E-state index contributed by atoms with van der Waals surface area (Å²) in [6, 6.07) is 0.495. The molecule has 17 heavy (non-hydrogen) atoms. The Hall–Kier alpha value is -0.530. The highest BCUT2D eigenvalue weighted by atomic mass is 16.2. The molecule has 96 valence electrons. The van der Waals surface area contributed by atoms with E-state index < -0.39 is 0 Å². The highest BCUT2D eigenvalue weighted by molar-refractivity contribution is 5.77. The second-order valence-corrected chi connectivity index (χ2v) is 6.57. The molecule has 3 rings (SSSR count). The maximum absolute atomic E-state index is 12.4. The molecule has 0 aromatic heterocycles. The Bertz CT molecular complexity index is 301. The van der Waals surface area contributed by atoms with Crippen molar-refractivity contribution in [1.29, 1.82) is 0 Å². The second-order valence-electron chi connectivity index (χ2n) is 6.57. The lowest BCUT2D eigenvalue weighted by molar-refractivity contribution is -0.135. The Kier molecular flexibility index (Phi) is 3.14. The number of carbonyl (C=O) groups is 1. The Balaban J connectivity index is 1.56. The summed E-state index contributed by atoms with van der Waals surface area (Å²) in [6.45, 7) is 3.23. The van der Waals surface area contributed by atoms with Crippen LogP contribution >= 0.6 is 0 Å². The van der Waals surface area contributed by atoms with Gasteiger partial charge in [-0.15, -0.1) is 0 Å². The van der Waals surface area contributed by atoms with Crippen LogP contribution in [0.5, 0.6) is 0 Å². The third-order valence-corrected chi connectivity index (χ3v) is 5.44. The third kappa shape index (κ3) is 2.23. The van der Waals surface area contributed by atoms with Gasteiger partial charge in [-0.1, -0.05) is 6.42 Å². The molecule has 0 aromatic rings. The monoisotopic (exact) mass is 235 g/mol. The van der Waals surface area contributed by atoms with Crippen LogP contribution in [0.25, 0.3) is 0 Å². The standard InChI is InChI=1S/C15H25NO/c1-11-4-2-3-7-16(11)15(17)10-14-9-12-5-6-13(14)8-12/h11-14H,2-10H2,1H3/t11-,12-,13-,14+/m0/s1. The van der Waals surface area contributed by atoms with Crippen LogP contribution in [0.2, 0.25) is 0 Å². The topological polar surface area (TPSA) is 20.3 Å². The van der Waals surface area contributed by atoms with Crippen molar-refractivity contribution in [2.45, 2.75) is 64.3 Å². The maximum atomic E-state index is 12.4. The summed E-state index contributed by atoms with van der Waals surface area (Å²) in [5, 5.41) is 0. The van der Waals surface area contributed by atoms with Crippen molar-refractivity contribution < 1.29 is 4.79 Å². The van der Waals surface area contributed by atoms with Crippen molar-refractivity contribution in [3.05, 3.63) is 0 Å². The van der Waals surface area contributed by atoms with Crippen molar-refractivity contribution in [2.24, 2.45) is 17.8 Å². The molecule has 1 amide bonds. The summed E-state index contributed by atoms with van der Waals surface area (Å²) < 4.78 is 0. The van der Waals surface area contributed by atoms with Gasteiger partial charge in [0.15, 0.2) is 0 Å². The van der Waals surface area contributed by atoms with Gasteiger partial charge in [0, 0.05) is 19.0 Å². The number of fused-ring (bicyclic) bond motifs is 2. The normalized spacial score (nSPS) is 40.9. The van der Waals surface area contributed by atoms with Gasteiger partial charge in [-0.3, -0.25) is 4.79 Å². The number of piperidine rings is 1. The van der Waals surface area contributed by atoms with Gasteiger partial charge in [0.2, 0.25) is 5.91 Å². The van der Waals surface area contributed by atoms with E-state index in [1.165, 1.54) is 44.9 Å². The minimum atomic E-state index is 0.453. The van der Waals surface area contributed by atoms with Crippen LogP contribution in [0.3, 0.4) is 0 Å². The van der Waals surface area contributed by atoms with E-state index in [9.17, 15) is 4.79 Å². The van der Waals surface area contributed by atoms with Gasteiger partial charge < -0.3 is 4.90 Å². The van der Waals surface area contributed by atoms with Gasteiger partial charge in [0.05, 0.1) is 0 Å². The van der Waals surface area contributed by atoms with E-state index in [0.29, 0.717) is 11.9 Å². The fourth-order valence-electron chi connectivity index (χ4n) is 4.44. The number of rotatable bonds is 2. The fourth-order valence-corrected chi connectivity index (χ4v) is 4.44. The molecular weight excluding hydrogens is 210 g/mol. The maximum Gasteiger partial charge on any atom is 0.223 e. The number of hydrogen-bond acceptors (Lipinski definition) is 1. The summed E-state index contributed by atoms with van der Waals surface area (Å²) in [6.07, 6.45) is 10.2. The molecule has 0 spiro atoms. The number of carbonyl (C=O) groups excluding carboxylic acids is 1. The highest BCUT2D eigenvalue weighted by Gasteiger charge is 2.41. The van der Waals surface area contributed by atoms with E-state index in [0.717, 1.165) is 30.7 Å². The number of nitrogens with zero attached hydrogens (tertiary/aromatic N) is 1. The van der Waals surface area contributed by atoms with Crippen molar-refractivity contribution in [2.75, 3.05) is 6.54 Å². The van der Waals surface area contributed by atoms with E-state index in [4.69, 9.17) is 0 Å². The van der Waals surface area contributed by atoms with Crippen molar-refractivity contribution in [3.8, 4) is 0 Å². The molecule has 1 saturated heterocycles. The smallest absolute Gasteiger partial charge is 0.223 e. The molecular formula is C15H25NO. The summed E-state index contributed by atoms with van der Waals surface area (Å²) in [4.78, 5) is 14.5. The first kappa shape index (κ1) is 11.6. The Morgan fingerprint density at radius 3 is 2.71 bits per heavy atom. The predicted molar refractivity (Wildman–Crippen MR) is 68.6 cm³/mol. The number of hydrogen-bond donors (Lipinski definition) is 0. The fraction of sp³-hybridized carbons (Fsp3) is 0.933. The van der Waals surface area contributed by atoms with Crippen LogP contribution in [-0.4, -0.2) is 23.4 Å². The van der Waals surface area contributed by atoms with Crippen LogP contribution in [0, 0.1) is 17.8 Å². The first-order valence-corrected chi connectivity index (χ1v) is 7.53. The lowest BCUT2D eigenvalue weighted by atomic mass is 9.86. The molecule has 2 nitrogen and oxygen atoms in total. The first-order chi connectivity index (χ1) is 8.24. The Labute approximate surface area is 105 Å². The summed E-state index contributed by atoms with van der Waals surface area (Å²) in [7, 11) is 0. The molecule has 0 unspecified atom stereocenters. The van der Waals surface area contributed by atoms with E-state index in [1.807, 2.05) is 0 Å². The van der Waals surface area contributed by atoms with Crippen LogP contribution < -0.4 is 0 Å². The van der Waals surface area contributed by atoms with E-state index in [1.54, 1.807) is 0 Å². The van der Waals surface area contributed by atoms with Gasteiger partial charge in [-0.2, -0.15) is 0 Å². The van der Waals surface area contributed by atoms with Crippen LogP contribution in [-0.2, 0) is 4.79 Å². The van der Waals surface area contributed by atoms with Gasteiger partial charge in [-0.05, 0) is 63.2 Å². The lowest BCUT2D eigenvalue weighted by Gasteiger charge is -2.35. The molecule has 0 aromatic carbocycles. The summed E-state index contributed by atoms with van der Waals surface area (Å²) in [5.41, 5.74) is 0. The Morgan fingerprint density at radius 1 is 1.18 bits per heavy atom. The van der Waals surface area contributed by atoms with E-state index in [-0.39, 0.29) is 0 Å². The molecule has 4 atom stereocenters. The number of likely N-dealkylation sites (tertiary alicyclic amines) is 1. The molecule has 0 N–H and O–H groups in total. The van der Waals surface area contributed by atoms with Gasteiger partial charge in [-0.25, -0.2) is 0 Å². The van der Waals surface area contributed by atoms with E-state index in [2.05, 4.69) is 11.8 Å². The third-order valence-electron chi connectivity index (χ3n) is 5.44. The van der Waals surface area contributed by atoms with Crippen molar-refractivity contribution in [3.63, 3.8) is 0 Å². The average Bonchev–Trinajstić information content (AvgIpc) is 2.91.